The second-order valence-corrected chi connectivity index (χ2v) is 9.25. The van der Waals surface area contributed by atoms with Crippen LogP contribution in [0.2, 0.25) is 10.0 Å². The van der Waals surface area contributed by atoms with Crippen molar-refractivity contribution < 1.29 is 9.53 Å². The first-order valence-electron chi connectivity index (χ1n) is 9.92. The van der Waals surface area contributed by atoms with E-state index in [1.807, 2.05) is 53.9 Å². The van der Waals surface area contributed by atoms with Crippen LogP contribution in [-0.4, -0.2) is 10.8 Å². The van der Waals surface area contributed by atoms with Gasteiger partial charge in [-0.25, -0.2) is 4.98 Å². The average molecular weight is 469 g/mol. The Bertz CT molecular complexity index is 1230. The van der Waals surface area contributed by atoms with E-state index in [1.165, 1.54) is 11.3 Å². The van der Waals surface area contributed by atoms with Crippen molar-refractivity contribution >= 4 is 45.9 Å². The van der Waals surface area contributed by atoms with Crippen LogP contribution >= 0.6 is 34.5 Å². The molecule has 31 heavy (non-hydrogen) atoms. The number of rotatable bonds is 3. The Morgan fingerprint density at radius 3 is 2.35 bits per heavy atom. The minimum absolute atomic E-state index is 0.0979. The second kappa shape index (κ2) is 8.15. The summed E-state index contributed by atoms with van der Waals surface area (Å²) in [6.45, 7) is 0. The standard InChI is InChI=1S/C24H18Cl2N2O2S/c25-15-8-4-13(5-9-15)17-12-31-24(28-17)22-20(14-6-10-16(26)11-7-14)21-18(29)2-1-3-19(21)30-23(22)27/h4-12,20H,1-3,27H2. The van der Waals surface area contributed by atoms with Crippen LogP contribution < -0.4 is 5.73 Å². The lowest BCUT2D eigenvalue weighted by Gasteiger charge is -2.32. The molecule has 1 aliphatic carbocycles. The van der Waals surface area contributed by atoms with Crippen LogP contribution in [0, 0.1) is 0 Å². The van der Waals surface area contributed by atoms with Gasteiger partial charge in [0.25, 0.3) is 0 Å². The topological polar surface area (TPSA) is 65.2 Å². The molecule has 2 aromatic carbocycles. The fourth-order valence-electron chi connectivity index (χ4n) is 4.10. The first-order chi connectivity index (χ1) is 15.0. The summed E-state index contributed by atoms with van der Waals surface area (Å²) in [5, 5.41) is 4.01. The number of aromatic nitrogens is 1. The number of thiazole rings is 1. The smallest absolute Gasteiger partial charge is 0.197 e. The van der Waals surface area contributed by atoms with Crippen molar-refractivity contribution in [3.05, 3.63) is 91.7 Å². The van der Waals surface area contributed by atoms with E-state index in [2.05, 4.69) is 0 Å². The second-order valence-electron chi connectivity index (χ2n) is 7.52. The van der Waals surface area contributed by atoms with Gasteiger partial charge in [0, 0.05) is 45.3 Å². The number of hydrogen-bond acceptors (Lipinski definition) is 5. The van der Waals surface area contributed by atoms with Gasteiger partial charge in [-0.05, 0) is 36.2 Å². The molecule has 156 valence electrons. The molecule has 1 atom stereocenters. The number of ether oxygens (including phenoxy) is 1. The van der Waals surface area contributed by atoms with Gasteiger partial charge in [-0.1, -0.05) is 47.5 Å². The van der Waals surface area contributed by atoms with E-state index in [9.17, 15) is 4.79 Å². The van der Waals surface area contributed by atoms with Gasteiger partial charge in [0.05, 0.1) is 11.3 Å². The molecule has 0 saturated heterocycles. The van der Waals surface area contributed by atoms with Crippen molar-refractivity contribution in [1.29, 1.82) is 0 Å². The maximum Gasteiger partial charge on any atom is 0.197 e. The third-order valence-electron chi connectivity index (χ3n) is 5.56. The lowest BCUT2D eigenvalue weighted by Crippen LogP contribution is -2.27. The Morgan fingerprint density at radius 2 is 1.65 bits per heavy atom. The molecule has 5 rings (SSSR count). The van der Waals surface area contributed by atoms with Crippen molar-refractivity contribution in [3.8, 4) is 11.3 Å². The fraction of sp³-hybridized carbons (Fsp3) is 0.167. The molecule has 0 fully saturated rings. The van der Waals surface area contributed by atoms with Gasteiger partial charge in [0.1, 0.15) is 10.8 Å². The van der Waals surface area contributed by atoms with Gasteiger partial charge in [-0.3, -0.25) is 4.79 Å². The maximum absolute atomic E-state index is 13.0. The van der Waals surface area contributed by atoms with E-state index in [0.29, 0.717) is 40.1 Å². The lowest BCUT2D eigenvalue weighted by atomic mass is 9.77. The monoisotopic (exact) mass is 468 g/mol. The van der Waals surface area contributed by atoms with Crippen molar-refractivity contribution in [2.75, 3.05) is 0 Å². The van der Waals surface area contributed by atoms with Crippen molar-refractivity contribution in [1.82, 2.24) is 4.98 Å². The highest BCUT2D eigenvalue weighted by Gasteiger charge is 2.39. The van der Waals surface area contributed by atoms with Gasteiger partial charge in [-0.15, -0.1) is 11.3 Å². The van der Waals surface area contributed by atoms with E-state index in [-0.39, 0.29) is 11.7 Å². The Morgan fingerprint density at radius 1 is 0.968 bits per heavy atom. The highest BCUT2D eigenvalue weighted by Crippen LogP contribution is 2.48. The molecule has 1 unspecified atom stereocenters. The molecule has 0 bridgehead atoms. The molecule has 1 aromatic heterocycles. The number of nitrogens with two attached hydrogens (primary N) is 1. The number of ketones is 1. The normalized spacial score (nSPS) is 18.8. The van der Waals surface area contributed by atoms with Gasteiger partial charge in [0.2, 0.25) is 0 Å². The highest BCUT2D eigenvalue weighted by atomic mass is 35.5. The number of benzene rings is 2. The predicted octanol–water partition coefficient (Wildman–Crippen LogP) is 6.57. The highest BCUT2D eigenvalue weighted by molar-refractivity contribution is 7.11. The van der Waals surface area contributed by atoms with Crippen LogP contribution in [0.3, 0.4) is 0 Å². The molecule has 1 aliphatic heterocycles. The van der Waals surface area contributed by atoms with Crippen LogP contribution in [0.5, 0.6) is 0 Å². The number of carbonyl (C=O) groups is 1. The van der Waals surface area contributed by atoms with Crippen LogP contribution in [-0.2, 0) is 9.53 Å². The van der Waals surface area contributed by atoms with Crippen LogP contribution in [0.25, 0.3) is 16.8 Å². The Hall–Kier alpha value is -2.60. The zero-order chi connectivity index (χ0) is 21.5. The number of Topliss-reactive ketones (excluding diaryl/α,β-unsaturated/α-hetero) is 1. The molecule has 2 N–H and O–H groups in total. The number of carbonyl (C=O) groups excluding carboxylic acids is 1. The third kappa shape index (κ3) is 3.78. The van der Waals surface area contributed by atoms with Crippen LogP contribution in [0.1, 0.15) is 35.8 Å². The van der Waals surface area contributed by atoms with E-state index in [1.54, 1.807) is 0 Å². The summed E-state index contributed by atoms with van der Waals surface area (Å²) < 4.78 is 5.97. The Labute approximate surface area is 194 Å². The summed E-state index contributed by atoms with van der Waals surface area (Å²) in [5.74, 6) is 0.732. The molecule has 7 heteroatoms. The summed E-state index contributed by atoms with van der Waals surface area (Å²) in [6.07, 6.45) is 1.98. The first-order valence-corrected chi connectivity index (χ1v) is 11.6. The molecule has 0 saturated carbocycles. The van der Waals surface area contributed by atoms with Crippen molar-refractivity contribution in [2.45, 2.75) is 25.2 Å². The van der Waals surface area contributed by atoms with Crippen molar-refractivity contribution in [3.63, 3.8) is 0 Å². The molecule has 0 spiro atoms. The minimum atomic E-state index is -0.335. The molecule has 4 nitrogen and oxygen atoms in total. The number of halogens is 2. The Kier molecular flexibility index (Phi) is 5.34. The SMILES string of the molecule is NC1=C(c2nc(-c3ccc(Cl)cc3)cs2)C(c2ccc(Cl)cc2)C2=C(CCCC2=O)O1. The number of nitrogens with zero attached hydrogens (tertiary/aromatic N) is 1. The summed E-state index contributed by atoms with van der Waals surface area (Å²) in [5.41, 5.74) is 10.5. The fourth-order valence-corrected chi connectivity index (χ4v) is 5.27. The largest absolute Gasteiger partial charge is 0.445 e. The molecular formula is C24H18Cl2N2O2S. The average Bonchev–Trinajstić information content (AvgIpc) is 3.24. The molecular weight excluding hydrogens is 451 g/mol. The molecule has 2 heterocycles. The molecule has 0 amide bonds. The predicted molar refractivity (Wildman–Crippen MR) is 125 cm³/mol. The van der Waals surface area contributed by atoms with Gasteiger partial charge in [-0.2, -0.15) is 0 Å². The number of hydrogen-bond donors (Lipinski definition) is 1. The number of allylic oxidation sites excluding steroid dienone is 3. The van der Waals surface area contributed by atoms with Gasteiger partial charge >= 0.3 is 0 Å². The quantitative estimate of drug-likeness (QED) is 0.472. The summed E-state index contributed by atoms with van der Waals surface area (Å²) in [7, 11) is 0. The zero-order valence-electron chi connectivity index (χ0n) is 16.4. The van der Waals surface area contributed by atoms with Crippen LogP contribution in [0.15, 0.2) is 71.1 Å². The van der Waals surface area contributed by atoms with E-state index < -0.39 is 0 Å². The molecule has 2 aliphatic rings. The van der Waals surface area contributed by atoms with Crippen molar-refractivity contribution in [2.24, 2.45) is 5.73 Å². The Balaban J connectivity index is 1.63. The summed E-state index contributed by atoms with van der Waals surface area (Å²) >= 11 is 13.6. The van der Waals surface area contributed by atoms with Gasteiger partial charge < -0.3 is 10.5 Å². The van der Waals surface area contributed by atoms with Gasteiger partial charge in [0.15, 0.2) is 11.7 Å². The van der Waals surface area contributed by atoms with E-state index in [4.69, 9.17) is 38.7 Å². The van der Waals surface area contributed by atoms with E-state index >= 15 is 0 Å². The molecule has 3 aromatic rings. The van der Waals surface area contributed by atoms with Crippen LogP contribution in [0.4, 0.5) is 0 Å². The zero-order valence-corrected chi connectivity index (χ0v) is 18.7. The summed E-state index contributed by atoms with van der Waals surface area (Å²) in [4.78, 5) is 17.8. The lowest BCUT2D eigenvalue weighted by molar-refractivity contribution is -0.116. The minimum Gasteiger partial charge on any atom is -0.445 e. The molecule has 0 radical (unpaired) electrons. The summed E-state index contributed by atoms with van der Waals surface area (Å²) in [6, 6.07) is 15.1. The maximum atomic E-state index is 13.0. The third-order valence-corrected chi connectivity index (χ3v) is 6.94. The first kappa shape index (κ1) is 20.3. The van der Waals surface area contributed by atoms with E-state index in [0.717, 1.165) is 33.8 Å².